The molecule has 1 fully saturated rings. The highest BCUT2D eigenvalue weighted by molar-refractivity contribution is 5.82. The Morgan fingerprint density at radius 3 is 2.00 bits per heavy atom. The number of rotatable bonds is 2. The summed E-state index contributed by atoms with van der Waals surface area (Å²) in [5.41, 5.74) is 1.40. The molecule has 0 bridgehead atoms. The van der Waals surface area contributed by atoms with Gasteiger partial charge in [0.2, 0.25) is 0 Å². The van der Waals surface area contributed by atoms with Crippen LogP contribution in [0, 0.1) is 0 Å². The van der Waals surface area contributed by atoms with Crippen molar-refractivity contribution in [2.45, 2.75) is 6.54 Å². The molecule has 1 saturated heterocycles. The van der Waals surface area contributed by atoms with E-state index in [0.717, 1.165) is 58.9 Å². The molecule has 0 unspecified atom stereocenters. The quantitative estimate of drug-likeness (QED) is 0.784. The highest BCUT2D eigenvalue weighted by Gasteiger charge is 2.07. The lowest BCUT2D eigenvalue weighted by Gasteiger charge is -2.24. The van der Waals surface area contributed by atoms with Gasteiger partial charge in [-0.2, -0.15) is 0 Å². The summed E-state index contributed by atoms with van der Waals surface area (Å²) in [6.07, 6.45) is 0. The molecule has 0 spiro atoms. The fourth-order valence-corrected chi connectivity index (χ4v) is 3.07. The third-order valence-electron chi connectivity index (χ3n) is 4.39. The SMILES string of the molecule is c1ccc2cc(CN3CCNCCNCCNCC3)ccc2c1. The van der Waals surface area contributed by atoms with E-state index in [1.807, 2.05) is 0 Å². The Morgan fingerprint density at radius 2 is 1.30 bits per heavy atom. The standard InChI is InChI=1S/C19H28N4/c1-2-4-19-15-17(5-6-18(19)3-1)16-23-13-11-21-9-7-20-8-10-22-12-14-23/h1-6,15,20-22H,7-14,16H2. The van der Waals surface area contributed by atoms with Crippen molar-refractivity contribution in [3.63, 3.8) is 0 Å². The lowest BCUT2D eigenvalue weighted by molar-refractivity contribution is 0.263. The maximum atomic E-state index is 3.52. The van der Waals surface area contributed by atoms with Crippen molar-refractivity contribution >= 4 is 10.8 Å². The third kappa shape index (κ3) is 5.29. The number of fused-ring (bicyclic) bond motifs is 1. The van der Waals surface area contributed by atoms with Crippen LogP contribution in [0.15, 0.2) is 42.5 Å². The molecule has 1 aliphatic heterocycles. The van der Waals surface area contributed by atoms with E-state index in [1.165, 1.54) is 16.3 Å². The zero-order chi connectivity index (χ0) is 15.7. The molecule has 0 aliphatic carbocycles. The summed E-state index contributed by atoms with van der Waals surface area (Å²) >= 11 is 0. The van der Waals surface area contributed by atoms with Gasteiger partial charge in [-0.3, -0.25) is 4.90 Å². The minimum atomic E-state index is 1.02. The van der Waals surface area contributed by atoms with Crippen molar-refractivity contribution in [3.05, 3.63) is 48.0 Å². The number of hydrogen-bond acceptors (Lipinski definition) is 4. The minimum absolute atomic E-state index is 1.02. The first-order valence-electron chi connectivity index (χ1n) is 8.74. The van der Waals surface area contributed by atoms with Crippen molar-refractivity contribution < 1.29 is 0 Å². The molecule has 124 valence electrons. The van der Waals surface area contributed by atoms with Crippen LogP contribution in [0.3, 0.4) is 0 Å². The van der Waals surface area contributed by atoms with E-state index in [0.29, 0.717) is 0 Å². The zero-order valence-corrected chi connectivity index (χ0v) is 13.9. The van der Waals surface area contributed by atoms with Gasteiger partial charge in [0, 0.05) is 58.9 Å². The van der Waals surface area contributed by atoms with Crippen LogP contribution in [0.1, 0.15) is 5.56 Å². The molecule has 4 heteroatoms. The van der Waals surface area contributed by atoms with E-state index in [1.54, 1.807) is 0 Å². The van der Waals surface area contributed by atoms with Gasteiger partial charge in [0.25, 0.3) is 0 Å². The molecule has 1 heterocycles. The molecular formula is C19H28N4. The van der Waals surface area contributed by atoms with Crippen LogP contribution in [-0.4, -0.2) is 57.3 Å². The minimum Gasteiger partial charge on any atom is -0.314 e. The number of hydrogen-bond donors (Lipinski definition) is 3. The second-order valence-corrected chi connectivity index (χ2v) is 6.21. The summed E-state index contributed by atoms with van der Waals surface area (Å²) in [6, 6.07) is 15.4. The summed E-state index contributed by atoms with van der Waals surface area (Å²) in [5, 5.41) is 13.1. The lowest BCUT2D eigenvalue weighted by atomic mass is 10.1. The van der Waals surface area contributed by atoms with E-state index >= 15 is 0 Å². The van der Waals surface area contributed by atoms with Gasteiger partial charge in [-0.25, -0.2) is 0 Å². The summed E-state index contributed by atoms with van der Waals surface area (Å²) < 4.78 is 0. The number of nitrogens with one attached hydrogen (secondary N) is 3. The third-order valence-corrected chi connectivity index (χ3v) is 4.39. The summed E-state index contributed by atoms with van der Waals surface area (Å²) in [6.45, 7) is 9.49. The van der Waals surface area contributed by atoms with Gasteiger partial charge in [-0.15, -0.1) is 0 Å². The van der Waals surface area contributed by atoms with Crippen LogP contribution >= 0.6 is 0 Å². The average molecular weight is 312 g/mol. The second kappa shape index (κ2) is 8.99. The highest BCUT2D eigenvalue weighted by atomic mass is 15.2. The fourth-order valence-electron chi connectivity index (χ4n) is 3.07. The van der Waals surface area contributed by atoms with Crippen molar-refractivity contribution in [2.75, 3.05) is 52.4 Å². The van der Waals surface area contributed by atoms with Gasteiger partial charge >= 0.3 is 0 Å². The van der Waals surface area contributed by atoms with Crippen molar-refractivity contribution in [2.24, 2.45) is 0 Å². The predicted molar refractivity (Wildman–Crippen MR) is 97.8 cm³/mol. The Hall–Kier alpha value is -1.46. The molecule has 0 atom stereocenters. The first-order chi connectivity index (χ1) is 11.4. The van der Waals surface area contributed by atoms with Crippen molar-refractivity contribution in [3.8, 4) is 0 Å². The van der Waals surface area contributed by atoms with Crippen LogP contribution in [-0.2, 0) is 6.54 Å². The predicted octanol–water partition coefficient (Wildman–Crippen LogP) is 1.42. The monoisotopic (exact) mass is 312 g/mol. The van der Waals surface area contributed by atoms with Gasteiger partial charge in [0.15, 0.2) is 0 Å². The summed E-state index contributed by atoms with van der Waals surface area (Å²) in [4.78, 5) is 2.54. The molecule has 1 aliphatic rings. The molecule has 3 rings (SSSR count). The molecule has 0 aromatic heterocycles. The van der Waals surface area contributed by atoms with Gasteiger partial charge in [0.05, 0.1) is 0 Å². The Labute approximate surface area is 139 Å². The Kier molecular flexibility index (Phi) is 6.41. The smallest absolute Gasteiger partial charge is 0.0235 e. The Morgan fingerprint density at radius 1 is 0.696 bits per heavy atom. The average Bonchev–Trinajstić information content (AvgIpc) is 2.57. The Bertz CT molecular complexity index is 587. The van der Waals surface area contributed by atoms with Crippen LogP contribution in [0.25, 0.3) is 10.8 Å². The van der Waals surface area contributed by atoms with Gasteiger partial charge in [-0.05, 0) is 22.4 Å². The molecule has 4 nitrogen and oxygen atoms in total. The van der Waals surface area contributed by atoms with E-state index in [9.17, 15) is 0 Å². The van der Waals surface area contributed by atoms with Crippen molar-refractivity contribution in [1.29, 1.82) is 0 Å². The number of benzene rings is 2. The van der Waals surface area contributed by atoms with Gasteiger partial charge < -0.3 is 16.0 Å². The lowest BCUT2D eigenvalue weighted by Crippen LogP contribution is -2.41. The molecule has 23 heavy (non-hydrogen) atoms. The Balaban J connectivity index is 1.61. The molecule has 3 N–H and O–H groups in total. The second-order valence-electron chi connectivity index (χ2n) is 6.21. The number of nitrogens with zero attached hydrogens (tertiary/aromatic N) is 1. The molecule has 2 aromatic carbocycles. The highest BCUT2D eigenvalue weighted by Crippen LogP contribution is 2.16. The van der Waals surface area contributed by atoms with E-state index in [4.69, 9.17) is 0 Å². The molecule has 0 amide bonds. The maximum Gasteiger partial charge on any atom is 0.0235 e. The molecule has 0 saturated carbocycles. The van der Waals surface area contributed by atoms with Gasteiger partial charge in [0.1, 0.15) is 0 Å². The van der Waals surface area contributed by atoms with E-state index < -0.39 is 0 Å². The zero-order valence-electron chi connectivity index (χ0n) is 13.9. The first kappa shape index (κ1) is 16.4. The van der Waals surface area contributed by atoms with Crippen LogP contribution < -0.4 is 16.0 Å². The fraction of sp³-hybridized carbons (Fsp3) is 0.474. The topological polar surface area (TPSA) is 39.3 Å². The van der Waals surface area contributed by atoms with Crippen LogP contribution in [0.4, 0.5) is 0 Å². The molecule has 0 radical (unpaired) electrons. The summed E-state index contributed by atoms with van der Waals surface area (Å²) in [5.74, 6) is 0. The van der Waals surface area contributed by atoms with Gasteiger partial charge in [-0.1, -0.05) is 36.4 Å². The normalized spacial score (nSPS) is 19.1. The maximum absolute atomic E-state index is 3.52. The van der Waals surface area contributed by atoms with E-state index in [-0.39, 0.29) is 0 Å². The van der Waals surface area contributed by atoms with Crippen LogP contribution in [0.2, 0.25) is 0 Å². The summed E-state index contributed by atoms with van der Waals surface area (Å²) in [7, 11) is 0. The van der Waals surface area contributed by atoms with E-state index in [2.05, 4.69) is 63.3 Å². The first-order valence-corrected chi connectivity index (χ1v) is 8.74. The largest absolute Gasteiger partial charge is 0.314 e. The van der Waals surface area contributed by atoms with Crippen molar-refractivity contribution in [1.82, 2.24) is 20.9 Å². The van der Waals surface area contributed by atoms with Crippen LogP contribution in [0.5, 0.6) is 0 Å². The molecule has 2 aromatic rings. The molecular weight excluding hydrogens is 284 g/mol.